The molecule has 0 spiro atoms. The third-order valence-corrected chi connectivity index (χ3v) is 11.0. The minimum absolute atomic E-state index is 0.0903. The first-order chi connectivity index (χ1) is 14.8. The maximum atomic E-state index is 12.1. The van der Waals surface area contributed by atoms with E-state index in [1.807, 2.05) is 0 Å². The summed E-state index contributed by atoms with van der Waals surface area (Å²) in [5.41, 5.74) is 2.33. The molecule has 0 bridgehead atoms. The highest BCUT2D eigenvalue weighted by atomic mass is 32.2. The number of hydrogen-bond acceptors (Lipinski definition) is 4. The molecule has 0 heterocycles. The molecule has 0 aromatic rings. The summed E-state index contributed by atoms with van der Waals surface area (Å²) in [4.78, 5) is 22.9. The van der Waals surface area contributed by atoms with Gasteiger partial charge in [-0.05, 0) is 97.5 Å². The van der Waals surface area contributed by atoms with Gasteiger partial charge in [0, 0.05) is 12.8 Å². The summed E-state index contributed by atoms with van der Waals surface area (Å²) in [5, 5.41) is 0.379. The van der Waals surface area contributed by atoms with E-state index in [1.165, 1.54) is 50.3 Å². The monoisotopic (exact) mass is 446 g/mol. The van der Waals surface area contributed by atoms with E-state index in [9.17, 15) is 9.59 Å². The van der Waals surface area contributed by atoms with E-state index in [2.05, 4.69) is 33.8 Å². The van der Waals surface area contributed by atoms with Crippen LogP contribution in [0.25, 0.3) is 0 Å². The molecule has 0 aromatic heterocycles. The van der Waals surface area contributed by atoms with Gasteiger partial charge in [0.05, 0.1) is 0 Å². The Hall–Kier alpha value is -0.770. The molecule has 8 atom stereocenters. The van der Waals surface area contributed by atoms with Crippen molar-refractivity contribution in [1.82, 2.24) is 0 Å². The van der Waals surface area contributed by atoms with Gasteiger partial charge in [0.2, 0.25) is 0 Å². The number of allylic oxidation sites excluding steroid dienone is 1. The van der Waals surface area contributed by atoms with Crippen molar-refractivity contribution in [3.8, 4) is 0 Å². The van der Waals surface area contributed by atoms with E-state index in [4.69, 9.17) is 4.74 Å². The first kappa shape index (κ1) is 23.4. The number of carbonyl (C=O) groups excluding carboxylic acids is 2. The first-order valence-electron chi connectivity index (χ1n) is 12.8. The van der Waals surface area contributed by atoms with Gasteiger partial charge in [-0.1, -0.05) is 51.1 Å². The quantitative estimate of drug-likeness (QED) is 0.318. The molecule has 0 saturated heterocycles. The van der Waals surface area contributed by atoms with Crippen LogP contribution in [0.4, 0.5) is 0 Å². The average molecular weight is 447 g/mol. The van der Waals surface area contributed by atoms with E-state index in [-0.39, 0.29) is 6.10 Å². The smallest absolute Gasteiger partial charge is 0.293 e. The highest BCUT2D eigenvalue weighted by Gasteiger charge is 2.59. The summed E-state index contributed by atoms with van der Waals surface area (Å²) in [6.45, 7) is 10.2. The Morgan fingerprint density at radius 1 is 1.23 bits per heavy atom. The molecule has 4 aliphatic rings. The number of hydrogen-bond donors (Lipinski definition) is 0. The van der Waals surface area contributed by atoms with Crippen LogP contribution in [-0.4, -0.2) is 23.4 Å². The largest absolute Gasteiger partial charge is 0.464 e. The Morgan fingerprint density at radius 2 is 2.03 bits per heavy atom. The molecule has 3 saturated carbocycles. The number of ether oxygens (including phenoxy) is 1. The average Bonchev–Trinajstić information content (AvgIpc) is 3.10. The Morgan fingerprint density at radius 3 is 2.77 bits per heavy atom. The zero-order valence-electron chi connectivity index (χ0n) is 20.0. The van der Waals surface area contributed by atoms with Crippen LogP contribution >= 0.6 is 11.8 Å². The lowest BCUT2D eigenvalue weighted by atomic mass is 9.47. The normalized spacial score (nSPS) is 42.6. The minimum Gasteiger partial charge on any atom is -0.464 e. The lowest BCUT2D eigenvalue weighted by Gasteiger charge is -2.58. The highest BCUT2D eigenvalue weighted by Crippen LogP contribution is 2.67. The number of thioether (sulfide) groups is 1. The maximum Gasteiger partial charge on any atom is 0.293 e. The van der Waals surface area contributed by atoms with Crippen LogP contribution in [0.5, 0.6) is 0 Å². The molecule has 31 heavy (non-hydrogen) atoms. The van der Waals surface area contributed by atoms with Crippen LogP contribution in [0.15, 0.2) is 11.6 Å². The second kappa shape index (κ2) is 9.23. The van der Waals surface area contributed by atoms with E-state index < -0.39 is 0 Å². The van der Waals surface area contributed by atoms with Crippen LogP contribution in [0, 0.1) is 40.4 Å². The van der Waals surface area contributed by atoms with Gasteiger partial charge in [-0.2, -0.15) is 0 Å². The fraction of sp³-hybridized carbons (Fsp3) is 0.852. The zero-order valence-corrected chi connectivity index (χ0v) is 20.8. The SMILES string of the molecule is CCSC(=O)CCC(C)C1CCC2C3CC=C4CC(OC=O)CCC4(C)C3CCC12C. The van der Waals surface area contributed by atoms with Crippen LogP contribution in [0.1, 0.15) is 91.9 Å². The van der Waals surface area contributed by atoms with Crippen molar-refractivity contribution in [3.63, 3.8) is 0 Å². The summed E-state index contributed by atoms with van der Waals surface area (Å²) >= 11 is 1.49. The Labute approximate surface area is 193 Å². The topological polar surface area (TPSA) is 43.4 Å². The molecular formula is C27H42O3S. The molecule has 0 radical (unpaired) electrons. The predicted molar refractivity (Wildman–Crippen MR) is 128 cm³/mol. The molecule has 4 heteroatoms. The summed E-state index contributed by atoms with van der Waals surface area (Å²) in [6, 6.07) is 0. The summed E-state index contributed by atoms with van der Waals surface area (Å²) in [6.07, 6.45) is 14.2. The predicted octanol–water partition coefficient (Wildman–Crippen LogP) is 6.80. The maximum absolute atomic E-state index is 12.1. The molecule has 3 nitrogen and oxygen atoms in total. The van der Waals surface area contributed by atoms with Crippen molar-refractivity contribution < 1.29 is 14.3 Å². The zero-order chi connectivity index (χ0) is 22.2. The van der Waals surface area contributed by atoms with E-state index in [0.717, 1.165) is 55.1 Å². The van der Waals surface area contributed by atoms with Crippen LogP contribution in [0.3, 0.4) is 0 Å². The lowest BCUT2D eigenvalue weighted by Crippen LogP contribution is -2.51. The molecule has 0 amide bonds. The second-order valence-corrected chi connectivity index (χ2v) is 12.7. The van der Waals surface area contributed by atoms with Gasteiger partial charge in [-0.3, -0.25) is 9.59 Å². The Kier molecular flexibility index (Phi) is 6.97. The van der Waals surface area contributed by atoms with E-state index in [0.29, 0.717) is 28.3 Å². The van der Waals surface area contributed by atoms with Crippen molar-refractivity contribution in [2.24, 2.45) is 40.4 Å². The van der Waals surface area contributed by atoms with Gasteiger partial charge >= 0.3 is 0 Å². The van der Waals surface area contributed by atoms with Gasteiger partial charge in [0.25, 0.3) is 6.47 Å². The molecule has 3 fully saturated rings. The van der Waals surface area contributed by atoms with Crippen molar-refractivity contribution in [3.05, 3.63) is 11.6 Å². The second-order valence-electron chi connectivity index (χ2n) is 11.4. The van der Waals surface area contributed by atoms with Crippen molar-refractivity contribution >= 4 is 23.3 Å². The fourth-order valence-electron chi connectivity index (χ4n) is 8.58. The molecule has 4 aliphatic carbocycles. The van der Waals surface area contributed by atoms with Crippen molar-refractivity contribution in [1.29, 1.82) is 0 Å². The summed E-state index contributed by atoms with van der Waals surface area (Å²) < 4.78 is 5.35. The van der Waals surface area contributed by atoms with Crippen LogP contribution in [-0.2, 0) is 14.3 Å². The molecule has 0 aromatic carbocycles. The Balaban J connectivity index is 1.46. The number of rotatable bonds is 7. The number of carbonyl (C=O) groups is 2. The molecule has 4 rings (SSSR count). The first-order valence-corrected chi connectivity index (χ1v) is 13.8. The molecule has 0 N–H and O–H groups in total. The van der Waals surface area contributed by atoms with Gasteiger partial charge in [-0.25, -0.2) is 0 Å². The number of fused-ring (bicyclic) bond motifs is 5. The van der Waals surface area contributed by atoms with E-state index >= 15 is 0 Å². The van der Waals surface area contributed by atoms with Gasteiger partial charge in [0.1, 0.15) is 6.10 Å². The molecule has 174 valence electrons. The van der Waals surface area contributed by atoms with Gasteiger partial charge < -0.3 is 4.74 Å². The van der Waals surface area contributed by atoms with E-state index in [1.54, 1.807) is 5.57 Å². The summed E-state index contributed by atoms with van der Waals surface area (Å²) in [7, 11) is 0. The highest BCUT2D eigenvalue weighted by molar-refractivity contribution is 8.13. The van der Waals surface area contributed by atoms with Crippen LogP contribution < -0.4 is 0 Å². The molecular weight excluding hydrogens is 404 g/mol. The third-order valence-electron chi connectivity index (χ3n) is 10.2. The molecule has 0 aliphatic heterocycles. The van der Waals surface area contributed by atoms with Crippen molar-refractivity contribution in [2.45, 2.75) is 98.0 Å². The molecule has 8 unspecified atom stereocenters. The summed E-state index contributed by atoms with van der Waals surface area (Å²) in [5.74, 6) is 4.75. The van der Waals surface area contributed by atoms with Gasteiger partial charge in [-0.15, -0.1) is 0 Å². The van der Waals surface area contributed by atoms with Gasteiger partial charge in [0.15, 0.2) is 5.12 Å². The fourth-order valence-corrected chi connectivity index (χ4v) is 9.16. The Bertz CT molecular complexity index is 717. The minimum atomic E-state index is 0.0903. The third kappa shape index (κ3) is 4.15. The lowest BCUT2D eigenvalue weighted by molar-refractivity contribution is -0.136. The van der Waals surface area contributed by atoms with Crippen LogP contribution in [0.2, 0.25) is 0 Å². The van der Waals surface area contributed by atoms with Crippen molar-refractivity contribution in [2.75, 3.05) is 5.75 Å². The standard InChI is InChI=1S/C27H42O3S/c1-5-31-25(29)11-6-18(2)22-9-10-23-21-8-7-19-16-20(30-17-28)12-14-26(19,3)24(21)13-15-27(22,23)4/h7,17-18,20-24H,5-6,8-16H2,1-4H3.